The van der Waals surface area contributed by atoms with E-state index in [-0.39, 0.29) is 0 Å². The topological polar surface area (TPSA) is 0 Å². The first-order chi connectivity index (χ1) is 12.8. The highest BCUT2D eigenvalue weighted by molar-refractivity contribution is 6.19. The van der Waals surface area contributed by atoms with Crippen molar-refractivity contribution in [2.24, 2.45) is 17.8 Å². The lowest BCUT2D eigenvalue weighted by Crippen LogP contribution is -2.14. The summed E-state index contributed by atoms with van der Waals surface area (Å²) in [7, 11) is 0. The molecule has 0 aliphatic carbocycles. The lowest BCUT2D eigenvalue weighted by Gasteiger charge is -2.26. The summed E-state index contributed by atoms with van der Waals surface area (Å²) in [5.74, 6) is 3.67. The number of rotatable bonds is 12. The molecule has 0 N–H and O–H groups in total. The Kier molecular flexibility index (Phi) is 11.7. The summed E-state index contributed by atoms with van der Waals surface area (Å²) in [6.07, 6.45) is 6.69. The molecule has 0 spiro atoms. The van der Waals surface area contributed by atoms with Gasteiger partial charge in [0.1, 0.15) is 0 Å². The normalized spacial score (nSPS) is 12.0. The summed E-state index contributed by atoms with van der Waals surface area (Å²) in [5, 5.41) is 0. The van der Waals surface area contributed by atoms with E-state index in [9.17, 15) is 0 Å². The SMILES string of the molecule is CC(C)CCc1c(CCl)c(CCC(C)C)c(CCl)c(CCC(C)C)c1CCl. The second kappa shape index (κ2) is 12.6. The van der Waals surface area contributed by atoms with E-state index < -0.39 is 0 Å². The number of halogens is 3. The van der Waals surface area contributed by atoms with Crippen molar-refractivity contribution in [3.63, 3.8) is 0 Å². The Morgan fingerprint density at radius 1 is 0.444 bits per heavy atom. The fourth-order valence-corrected chi connectivity index (χ4v) is 4.75. The molecular weight excluding hydrogens is 395 g/mol. The molecule has 156 valence electrons. The molecule has 27 heavy (non-hydrogen) atoms. The molecule has 0 saturated heterocycles. The van der Waals surface area contributed by atoms with Crippen LogP contribution in [-0.2, 0) is 36.9 Å². The van der Waals surface area contributed by atoms with Gasteiger partial charge in [-0.25, -0.2) is 0 Å². The minimum atomic E-state index is 0.555. The molecule has 0 atom stereocenters. The number of hydrogen-bond acceptors (Lipinski definition) is 0. The van der Waals surface area contributed by atoms with Gasteiger partial charge in [-0.3, -0.25) is 0 Å². The first-order valence-corrected chi connectivity index (χ1v) is 12.2. The lowest BCUT2D eigenvalue weighted by molar-refractivity contribution is 0.570. The molecule has 0 unspecified atom stereocenters. The highest BCUT2D eigenvalue weighted by Crippen LogP contribution is 2.36. The monoisotopic (exact) mass is 432 g/mol. The van der Waals surface area contributed by atoms with Crippen molar-refractivity contribution >= 4 is 34.8 Å². The van der Waals surface area contributed by atoms with E-state index in [1.165, 1.54) is 52.6 Å². The zero-order valence-electron chi connectivity index (χ0n) is 18.2. The molecule has 0 heterocycles. The van der Waals surface area contributed by atoms with Crippen LogP contribution in [0.4, 0.5) is 0 Å². The van der Waals surface area contributed by atoms with Crippen LogP contribution in [0.5, 0.6) is 0 Å². The summed E-state index contributed by atoms with van der Waals surface area (Å²) < 4.78 is 0. The van der Waals surface area contributed by atoms with Crippen molar-refractivity contribution < 1.29 is 0 Å². The Bertz CT molecular complexity index is 471. The van der Waals surface area contributed by atoms with Gasteiger partial charge in [0.25, 0.3) is 0 Å². The number of hydrogen-bond donors (Lipinski definition) is 0. The van der Waals surface area contributed by atoms with Crippen molar-refractivity contribution in [1.29, 1.82) is 0 Å². The molecule has 0 fully saturated rings. The van der Waals surface area contributed by atoms with Gasteiger partial charge in [0.15, 0.2) is 0 Å². The molecule has 0 saturated carbocycles. The molecule has 0 amide bonds. The Hall–Kier alpha value is 0.0900. The summed E-state index contributed by atoms with van der Waals surface area (Å²) in [6, 6.07) is 0. The van der Waals surface area contributed by atoms with E-state index in [1.54, 1.807) is 0 Å². The third-order valence-corrected chi connectivity index (χ3v) is 6.30. The van der Waals surface area contributed by atoms with Gasteiger partial charge in [-0.05, 0) is 89.7 Å². The lowest BCUT2D eigenvalue weighted by atomic mass is 9.81. The van der Waals surface area contributed by atoms with Crippen molar-refractivity contribution in [2.75, 3.05) is 0 Å². The Balaban J connectivity index is 3.60. The van der Waals surface area contributed by atoms with Crippen molar-refractivity contribution in [3.05, 3.63) is 33.4 Å². The Morgan fingerprint density at radius 3 is 0.815 bits per heavy atom. The summed E-state index contributed by atoms with van der Waals surface area (Å²) in [5.41, 5.74) is 8.20. The maximum absolute atomic E-state index is 6.52. The number of benzene rings is 1. The summed E-state index contributed by atoms with van der Waals surface area (Å²) >= 11 is 19.6. The average molecular weight is 434 g/mol. The van der Waals surface area contributed by atoms with Crippen LogP contribution in [-0.4, -0.2) is 0 Å². The van der Waals surface area contributed by atoms with Gasteiger partial charge >= 0.3 is 0 Å². The smallest absolute Gasteiger partial charge is 0.0479 e. The van der Waals surface area contributed by atoms with E-state index in [4.69, 9.17) is 34.8 Å². The molecule has 3 heteroatoms. The third-order valence-electron chi connectivity index (χ3n) is 5.50. The van der Waals surface area contributed by atoms with Crippen LogP contribution in [0.15, 0.2) is 0 Å². The molecule has 0 aliphatic rings. The van der Waals surface area contributed by atoms with E-state index in [0.717, 1.165) is 19.3 Å². The molecule has 1 aromatic carbocycles. The predicted molar refractivity (Wildman–Crippen MR) is 125 cm³/mol. The largest absolute Gasteiger partial charge is 0.122 e. The van der Waals surface area contributed by atoms with E-state index in [2.05, 4.69) is 41.5 Å². The van der Waals surface area contributed by atoms with Crippen LogP contribution in [0.2, 0.25) is 0 Å². The van der Waals surface area contributed by atoms with Crippen LogP contribution in [0.3, 0.4) is 0 Å². The fraction of sp³-hybridized carbons (Fsp3) is 0.750. The minimum Gasteiger partial charge on any atom is -0.122 e. The second-order valence-corrected chi connectivity index (χ2v) is 9.87. The molecular formula is C24H39Cl3. The van der Waals surface area contributed by atoms with Gasteiger partial charge in [-0.2, -0.15) is 0 Å². The summed E-state index contributed by atoms with van der Waals surface area (Å²) in [6.45, 7) is 13.7. The minimum absolute atomic E-state index is 0.555. The van der Waals surface area contributed by atoms with E-state index in [1.807, 2.05) is 0 Å². The highest BCUT2D eigenvalue weighted by Gasteiger charge is 2.22. The van der Waals surface area contributed by atoms with Crippen molar-refractivity contribution in [2.45, 2.75) is 97.7 Å². The van der Waals surface area contributed by atoms with Crippen LogP contribution >= 0.6 is 34.8 Å². The molecule has 0 radical (unpaired) electrons. The van der Waals surface area contributed by atoms with E-state index >= 15 is 0 Å². The van der Waals surface area contributed by atoms with Gasteiger partial charge in [-0.15, -0.1) is 34.8 Å². The summed E-state index contributed by atoms with van der Waals surface area (Å²) in [4.78, 5) is 0. The van der Waals surface area contributed by atoms with Crippen LogP contribution in [0, 0.1) is 17.8 Å². The average Bonchev–Trinajstić information content (AvgIpc) is 2.61. The van der Waals surface area contributed by atoms with Gasteiger partial charge in [-0.1, -0.05) is 41.5 Å². The molecule has 1 aromatic rings. The molecule has 0 aliphatic heterocycles. The first kappa shape index (κ1) is 25.1. The Labute approximate surface area is 183 Å². The van der Waals surface area contributed by atoms with E-state index in [0.29, 0.717) is 35.4 Å². The maximum atomic E-state index is 6.52. The van der Waals surface area contributed by atoms with Crippen LogP contribution < -0.4 is 0 Å². The van der Waals surface area contributed by atoms with Crippen LogP contribution in [0.25, 0.3) is 0 Å². The first-order valence-electron chi connectivity index (χ1n) is 10.6. The predicted octanol–water partition coefficient (Wildman–Crippen LogP) is 8.67. The van der Waals surface area contributed by atoms with Crippen molar-refractivity contribution in [1.82, 2.24) is 0 Å². The molecule has 0 nitrogen and oxygen atoms in total. The Morgan fingerprint density at radius 2 is 0.667 bits per heavy atom. The zero-order chi connectivity index (χ0) is 20.6. The number of alkyl halides is 3. The third kappa shape index (κ3) is 7.45. The van der Waals surface area contributed by atoms with Gasteiger partial charge < -0.3 is 0 Å². The quantitative estimate of drug-likeness (QED) is 0.289. The molecule has 1 rings (SSSR count). The van der Waals surface area contributed by atoms with Gasteiger partial charge in [0, 0.05) is 17.6 Å². The maximum Gasteiger partial charge on any atom is 0.0479 e. The van der Waals surface area contributed by atoms with Gasteiger partial charge in [0.2, 0.25) is 0 Å². The van der Waals surface area contributed by atoms with Gasteiger partial charge in [0.05, 0.1) is 0 Å². The molecule has 0 aromatic heterocycles. The van der Waals surface area contributed by atoms with Crippen LogP contribution in [0.1, 0.15) is 94.2 Å². The van der Waals surface area contributed by atoms with Crippen molar-refractivity contribution in [3.8, 4) is 0 Å². The molecule has 0 bridgehead atoms. The second-order valence-electron chi connectivity index (χ2n) is 9.07. The zero-order valence-corrected chi connectivity index (χ0v) is 20.5. The highest BCUT2D eigenvalue weighted by atomic mass is 35.5. The fourth-order valence-electron chi connectivity index (χ4n) is 3.78. The standard InChI is InChI=1S/C24H39Cl3/c1-16(2)7-10-19-22(13-25)20(11-8-17(3)4)24(15-27)21(23(19)14-26)12-9-18(5)6/h16-18H,7-15H2,1-6H3.